The zero-order valence-corrected chi connectivity index (χ0v) is 7.82. The molecule has 0 aromatic carbocycles. The van der Waals surface area contributed by atoms with Crippen LogP contribution in [-0.4, -0.2) is 49.9 Å². The van der Waals surface area contributed by atoms with E-state index in [2.05, 4.69) is 4.52 Å². The number of carbonyl (C=O) groups is 1. The molecule has 0 aliphatic carbocycles. The van der Waals surface area contributed by atoms with Crippen LogP contribution in [0.15, 0.2) is 0 Å². The Labute approximate surface area is 79.0 Å². The summed E-state index contributed by atoms with van der Waals surface area (Å²) in [6.45, 7) is 0. The fraction of sp³-hybridized carbons (Fsp3) is 0.800. The smallest absolute Gasteiger partial charge is 0.390 e. The van der Waals surface area contributed by atoms with Gasteiger partial charge in [-0.3, -0.25) is 4.52 Å². The minimum Gasteiger partial charge on any atom is -0.390 e. The third kappa shape index (κ3) is 5.40. The molecule has 0 spiro atoms. The van der Waals surface area contributed by atoms with Gasteiger partial charge < -0.3 is 29.9 Å². The largest absolute Gasteiger partial charge is 0.472 e. The van der Waals surface area contributed by atoms with Crippen LogP contribution >= 0.6 is 7.82 Å². The van der Waals surface area contributed by atoms with E-state index in [1.54, 1.807) is 0 Å². The molecule has 3 unspecified atom stereocenters. The Bertz CT molecular complexity index is 224. The van der Waals surface area contributed by atoms with E-state index in [-0.39, 0.29) is 6.29 Å². The number of aldehydes is 1. The van der Waals surface area contributed by atoms with Crippen LogP contribution in [0.2, 0.25) is 0 Å². The van der Waals surface area contributed by atoms with E-state index in [1.165, 1.54) is 0 Å². The third-order valence-electron chi connectivity index (χ3n) is 1.27. The molecule has 3 atom stereocenters. The lowest BCUT2D eigenvalue weighted by Crippen LogP contribution is -2.38. The number of rotatable bonds is 6. The number of carbonyl (C=O) groups excluding carboxylic acids is 1. The normalized spacial score (nSPS) is 18.6. The van der Waals surface area contributed by atoms with Gasteiger partial charge in [0.05, 0.1) is 6.10 Å². The highest BCUT2D eigenvalue weighted by molar-refractivity contribution is 7.46. The maximum absolute atomic E-state index is 10.2. The maximum Gasteiger partial charge on any atom is 0.472 e. The van der Waals surface area contributed by atoms with Crippen LogP contribution in [0.5, 0.6) is 0 Å². The molecule has 0 saturated heterocycles. The van der Waals surface area contributed by atoms with Crippen molar-refractivity contribution >= 4 is 14.1 Å². The molecule has 0 aromatic heterocycles. The maximum atomic E-state index is 10.2. The molecule has 0 aliphatic rings. The quantitative estimate of drug-likeness (QED) is 0.195. The molecule has 84 valence electrons. The number of phosphoric acid groups is 1. The van der Waals surface area contributed by atoms with Crippen molar-refractivity contribution < 1.29 is 39.0 Å². The lowest BCUT2D eigenvalue weighted by Gasteiger charge is -2.21. The van der Waals surface area contributed by atoms with Crippen LogP contribution in [0.25, 0.3) is 0 Å². The second kappa shape index (κ2) is 5.52. The van der Waals surface area contributed by atoms with E-state index < -0.39 is 32.7 Å². The topological polar surface area (TPSA) is 145 Å². The number of aliphatic hydroxyl groups excluding tert-OH is 3. The Kier molecular flexibility index (Phi) is 5.38. The summed E-state index contributed by atoms with van der Waals surface area (Å²) < 4.78 is 13.8. The number of hydrogen-bond donors (Lipinski definition) is 5. The highest BCUT2D eigenvalue weighted by Gasteiger charge is 2.30. The highest BCUT2D eigenvalue weighted by atomic mass is 31.2. The van der Waals surface area contributed by atoms with Crippen LogP contribution in [0.4, 0.5) is 0 Å². The molecule has 0 heterocycles. The van der Waals surface area contributed by atoms with Crippen LogP contribution in [-0.2, 0) is 13.9 Å². The standard InChI is InChI=1S/C5H11O8P/c6-2-1-3(7)4(8)5(9)13-14(10,11)12/h2-5,7-9H,1H2,(H2,10,11,12). The average Bonchev–Trinajstić information content (AvgIpc) is 2.00. The van der Waals surface area contributed by atoms with Crippen LogP contribution in [0.3, 0.4) is 0 Å². The van der Waals surface area contributed by atoms with Crippen molar-refractivity contribution in [2.45, 2.75) is 24.9 Å². The molecule has 0 bridgehead atoms. The SMILES string of the molecule is O=CCC(O)C(O)C(O)OP(=O)(O)O. The molecule has 0 radical (unpaired) electrons. The molecule has 0 rings (SSSR count). The van der Waals surface area contributed by atoms with Crippen LogP contribution in [0, 0.1) is 0 Å². The number of phosphoric ester groups is 1. The van der Waals surface area contributed by atoms with Gasteiger partial charge in [-0.2, -0.15) is 0 Å². The van der Waals surface area contributed by atoms with E-state index >= 15 is 0 Å². The fourth-order valence-corrected chi connectivity index (χ4v) is 1.04. The molecule has 0 amide bonds. The third-order valence-corrected chi connectivity index (χ3v) is 1.76. The molecular formula is C5H11O8P. The number of aliphatic hydroxyl groups is 3. The Hall–Kier alpha value is -0.340. The second-order valence-corrected chi connectivity index (χ2v) is 3.64. The van der Waals surface area contributed by atoms with Gasteiger partial charge in [0, 0.05) is 6.42 Å². The van der Waals surface area contributed by atoms with Gasteiger partial charge in [-0.1, -0.05) is 0 Å². The van der Waals surface area contributed by atoms with Gasteiger partial charge >= 0.3 is 7.82 Å². The van der Waals surface area contributed by atoms with Crippen molar-refractivity contribution in [2.75, 3.05) is 0 Å². The first kappa shape index (κ1) is 13.7. The summed E-state index contributed by atoms with van der Waals surface area (Å²) in [7, 11) is -4.94. The van der Waals surface area contributed by atoms with Gasteiger partial charge in [0.1, 0.15) is 12.4 Å². The van der Waals surface area contributed by atoms with E-state index in [0.29, 0.717) is 0 Å². The van der Waals surface area contributed by atoms with Gasteiger partial charge in [-0.15, -0.1) is 0 Å². The van der Waals surface area contributed by atoms with E-state index in [0.717, 1.165) is 0 Å². The Balaban J connectivity index is 4.17. The molecule has 0 fully saturated rings. The second-order valence-electron chi connectivity index (χ2n) is 2.45. The summed E-state index contributed by atoms with van der Waals surface area (Å²) in [6, 6.07) is 0. The molecule has 8 nitrogen and oxygen atoms in total. The van der Waals surface area contributed by atoms with Gasteiger partial charge in [0.15, 0.2) is 6.29 Å². The lowest BCUT2D eigenvalue weighted by atomic mass is 10.1. The molecule has 0 aromatic rings. The monoisotopic (exact) mass is 230 g/mol. The highest BCUT2D eigenvalue weighted by Crippen LogP contribution is 2.37. The van der Waals surface area contributed by atoms with Crippen LogP contribution < -0.4 is 0 Å². The van der Waals surface area contributed by atoms with Crippen molar-refractivity contribution in [3.05, 3.63) is 0 Å². The summed E-state index contributed by atoms with van der Waals surface area (Å²) in [5.41, 5.74) is 0. The molecule has 9 heteroatoms. The van der Waals surface area contributed by atoms with E-state index in [9.17, 15) is 9.36 Å². The van der Waals surface area contributed by atoms with Gasteiger partial charge in [0.25, 0.3) is 0 Å². The summed E-state index contributed by atoms with van der Waals surface area (Å²) in [6.07, 6.45) is -6.08. The van der Waals surface area contributed by atoms with Crippen molar-refractivity contribution in [3.63, 3.8) is 0 Å². The first-order chi connectivity index (χ1) is 6.28. The average molecular weight is 230 g/mol. The molecule has 14 heavy (non-hydrogen) atoms. The predicted molar refractivity (Wildman–Crippen MR) is 41.8 cm³/mol. The Morgan fingerprint density at radius 3 is 2.14 bits per heavy atom. The molecule has 0 saturated carbocycles. The zero-order chi connectivity index (χ0) is 11.4. The summed E-state index contributed by atoms with van der Waals surface area (Å²) in [4.78, 5) is 26.3. The van der Waals surface area contributed by atoms with Gasteiger partial charge in [-0.25, -0.2) is 4.57 Å². The van der Waals surface area contributed by atoms with E-state index in [4.69, 9.17) is 25.1 Å². The molecular weight excluding hydrogens is 219 g/mol. The van der Waals surface area contributed by atoms with E-state index in [1.807, 2.05) is 0 Å². The molecule has 5 N–H and O–H groups in total. The summed E-state index contributed by atoms with van der Waals surface area (Å²) in [5, 5.41) is 26.7. The Morgan fingerprint density at radius 2 is 1.79 bits per heavy atom. The fourth-order valence-electron chi connectivity index (χ4n) is 0.631. The Morgan fingerprint density at radius 1 is 1.29 bits per heavy atom. The van der Waals surface area contributed by atoms with Crippen molar-refractivity contribution in [2.24, 2.45) is 0 Å². The predicted octanol–water partition coefficient (Wildman–Crippen LogP) is -2.28. The van der Waals surface area contributed by atoms with Gasteiger partial charge in [0.2, 0.25) is 0 Å². The minimum absolute atomic E-state index is 0.276. The first-order valence-corrected chi connectivity index (χ1v) is 5.02. The minimum atomic E-state index is -4.94. The van der Waals surface area contributed by atoms with Crippen molar-refractivity contribution in [1.82, 2.24) is 0 Å². The summed E-state index contributed by atoms with van der Waals surface area (Å²) in [5.74, 6) is 0. The lowest BCUT2D eigenvalue weighted by molar-refractivity contribution is -0.152. The first-order valence-electron chi connectivity index (χ1n) is 3.49. The number of hydrogen-bond acceptors (Lipinski definition) is 6. The molecule has 0 aliphatic heterocycles. The van der Waals surface area contributed by atoms with Crippen molar-refractivity contribution in [3.8, 4) is 0 Å². The van der Waals surface area contributed by atoms with Gasteiger partial charge in [-0.05, 0) is 0 Å². The van der Waals surface area contributed by atoms with Crippen molar-refractivity contribution in [1.29, 1.82) is 0 Å². The summed E-state index contributed by atoms with van der Waals surface area (Å²) >= 11 is 0. The zero-order valence-electron chi connectivity index (χ0n) is 6.92. The van der Waals surface area contributed by atoms with Crippen LogP contribution in [0.1, 0.15) is 6.42 Å².